The van der Waals surface area contributed by atoms with Crippen molar-refractivity contribution in [3.05, 3.63) is 28.8 Å². The molecule has 1 heterocycles. The number of carboxylic acids is 1. The van der Waals surface area contributed by atoms with E-state index in [1.54, 1.807) is 6.07 Å². The molecular formula is C14H18ClNO2. The van der Waals surface area contributed by atoms with Crippen LogP contribution in [0.4, 0.5) is 5.69 Å². The summed E-state index contributed by atoms with van der Waals surface area (Å²) in [5, 5.41) is 9.77. The molecule has 2 unspecified atom stereocenters. The summed E-state index contributed by atoms with van der Waals surface area (Å²) in [7, 11) is 0. The third-order valence-corrected chi connectivity index (χ3v) is 3.90. The lowest BCUT2D eigenvalue weighted by Gasteiger charge is -2.41. The van der Waals surface area contributed by atoms with E-state index in [-0.39, 0.29) is 0 Å². The molecule has 0 bridgehead atoms. The maximum Gasteiger partial charge on any atom is 0.337 e. The van der Waals surface area contributed by atoms with Gasteiger partial charge in [-0.15, -0.1) is 0 Å². The second-order valence-corrected chi connectivity index (χ2v) is 5.44. The monoisotopic (exact) mass is 267 g/mol. The molecule has 0 saturated carbocycles. The Labute approximate surface area is 112 Å². The van der Waals surface area contributed by atoms with Gasteiger partial charge in [-0.25, -0.2) is 4.79 Å². The minimum Gasteiger partial charge on any atom is -0.478 e. The summed E-state index contributed by atoms with van der Waals surface area (Å²) in [6.07, 6.45) is 3.41. The van der Waals surface area contributed by atoms with Crippen molar-refractivity contribution >= 4 is 23.3 Å². The molecule has 2 atom stereocenters. The lowest BCUT2D eigenvalue weighted by molar-refractivity contribution is 0.0697. The van der Waals surface area contributed by atoms with E-state index >= 15 is 0 Å². The van der Waals surface area contributed by atoms with Crippen LogP contribution >= 0.6 is 11.6 Å². The topological polar surface area (TPSA) is 40.5 Å². The molecule has 4 heteroatoms. The predicted molar refractivity (Wildman–Crippen MR) is 73.7 cm³/mol. The molecule has 0 amide bonds. The van der Waals surface area contributed by atoms with E-state index in [2.05, 4.69) is 18.7 Å². The molecule has 3 nitrogen and oxygen atoms in total. The molecule has 1 aromatic carbocycles. The summed E-state index contributed by atoms with van der Waals surface area (Å²) in [6, 6.07) is 5.86. The highest BCUT2D eigenvalue weighted by atomic mass is 35.5. The Bertz CT molecular complexity index is 451. The van der Waals surface area contributed by atoms with Gasteiger partial charge in [-0.1, -0.05) is 11.6 Å². The number of aromatic carboxylic acids is 1. The minimum atomic E-state index is -0.919. The number of hydrogen-bond acceptors (Lipinski definition) is 2. The summed E-state index contributed by atoms with van der Waals surface area (Å²) < 4.78 is 0. The fourth-order valence-corrected chi connectivity index (χ4v) is 2.97. The fraction of sp³-hybridized carbons (Fsp3) is 0.500. The molecule has 0 spiro atoms. The first-order chi connectivity index (χ1) is 8.50. The first kappa shape index (κ1) is 13.2. The third-order valence-electron chi connectivity index (χ3n) is 3.66. The van der Waals surface area contributed by atoms with Crippen LogP contribution in [0.15, 0.2) is 18.2 Å². The molecule has 1 saturated heterocycles. The average Bonchev–Trinajstić information content (AvgIpc) is 2.30. The number of hydrogen-bond donors (Lipinski definition) is 1. The van der Waals surface area contributed by atoms with Crippen LogP contribution in [0.25, 0.3) is 0 Å². The Kier molecular flexibility index (Phi) is 3.81. The Balaban J connectivity index is 2.45. The van der Waals surface area contributed by atoms with Gasteiger partial charge in [0.05, 0.1) is 11.3 Å². The summed E-state index contributed by atoms with van der Waals surface area (Å²) in [6.45, 7) is 4.30. The van der Waals surface area contributed by atoms with Crippen molar-refractivity contribution in [3.63, 3.8) is 0 Å². The summed E-state index contributed by atoms with van der Waals surface area (Å²) in [4.78, 5) is 13.6. The number of carbonyl (C=O) groups is 1. The fourth-order valence-electron chi connectivity index (χ4n) is 2.80. The van der Waals surface area contributed by atoms with E-state index in [0.717, 1.165) is 18.5 Å². The van der Waals surface area contributed by atoms with Gasteiger partial charge in [0.1, 0.15) is 0 Å². The van der Waals surface area contributed by atoms with Crippen molar-refractivity contribution in [1.82, 2.24) is 0 Å². The molecule has 0 aliphatic carbocycles. The van der Waals surface area contributed by atoms with Crippen molar-refractivity contribution in [1.29, 1.82) is 0 Å². The van der Waals surface area contributed by atoms with Crippen LogP contribution in [0.2, 0.25) is 5.02 Å². The molecule has 0 radical (unpaired) electrons. The van der Waals surface area contributed by atoms with Crippen molar-refractivity contribution in [2.45, 2.75) is 45.2 Å². The number of carboxylic acid groups (broad SMARTS) is 1. The van der Waals surface area contributed by atoms with Crippen LogP contribution in [0.1, 0.15) is 43.5 Å². The number of benzene rings is 1. The van der Waals surface area contributed by atoms with Crippen LogP contribution in [0.5, 0.6) is 0 Å². The van der Waals surface area contributed by atoms with E-state index in [1.165, 1.54) is 12.5 Å². The number of anilines is 1. The molecule has 98 valence electrons. The Morgan fingerprint density at radius 2 is 1.94 bits per heavy atom. The van der Waals surface area contributed by atoms with Crippen LogP contribution in [-0.2, 0) is 0 Å². The summed E-state index contributed by atoms with van der Waals surface area (Å²) in [5.41, 5.74) is 1.08. The Morgan fingerprint density at radius 3 is 2.50 bits per heavy atom. The molecule has 1 fully saturated rings. The molecule has 1 aliphatic heterocycles. The minimum absolute atomic E-state index is 0.295. The van der Waals surface area contributed by atoms with E-state index < -0.39 is 5.97 Å². The molecule has 18 heavy (non-hydrogen) atoms. The van der Waals surface area contributed by atoms with Gasteiger partial charge < -0.3 is 10.0 Å². The quantitative estimate of drug-likeness (QED) is 0.886. The van der Waals surface area contributed by atoms with Crippen molar-refractivity contribution in [3.8, 4) is 0 Å². The third kappa shape index (κ3) is 2.46. The van der Waals surface area contributed by atoms with Crippen LogP contribution in [0, 0.1) is 0 Å². The number of rotatable bonds is 2. The highest BCUT2D eigenvalue weighted by molar-refractivity contribution is 6.31. The Morgan fingerprint density at radius 1 is 1.33 bits per heavy atom. The van der Waals surface area contributed by atoms with Crippen molar-refractivity contribution in [2.24, 2.45) is 0 Å². The zero-order valence-corrected chi connectivity index (χ0v) is 11.4. The van der Waals surface area contributed by atoms with Gasteiger partial charge in [-0.05, 0) is 51.3 Å². The lowest BCUT2D eigenvalue weighted by Crippen LogP contribution is -2.44. The molecule has 1 aromatic rings. The normalized spacial score (nSPS) is 24.1. The van der Waals surface area contributed by atoms with Crippen LogP contribution < -0.4 is 4.90 Å². The van der Waals surface area contributed by atoms with Gasteiger partial charge in [0.2, 0.25) is 0 Å². The molecule has 0 aromatic heterocycles. The number of piperidine rings is 1. The zero-order chi connectivity index (χ0) is 13.3. The second kappa shape index (κ2) is 5.19. The van der Waals surface area contributed by atoms with Gasteiger partial charge in [-0.2, -0.15) is 0 Å². The van der Waals surface area contributed by atoms with Crippen molar-refractivity contribution < 1.29 is 9.90 Å². The maximum atomic E-state index is 11.3. The first-order valence-corrected chi connectivity index (χ1v) is 6.69. The lowest BCUT2D eigenvalue weighted by atomic mass is 9.95. The summed E-state index contributed by atoms with van der Waals surface area (Å²) >= 11 is 5.89. The smallest absolute Gasteiger partial charge is 0.337 e. The number of halogens is 1. The first-order valence-electron chi connectivity index (χ1n) is 6.32. The average molecular weight is 268 g/mol. The van der Waals surface area contributed by atoms with Crippen molar-refractivity contribution in [2.75, 3.05) is 4.90 Å². The van der Waals surface area contributed by atoms with Gasteiger partial charge in [0, 0.05) is 17.1 Å². The van der Waals surface area contributed by atoms with Gasteiger partial charge in [0.25, 0.3) is 0 Å². The van der Waals surface area contributed by atoms with Crippen LogP contribution in [-0.4, -0.2) is 23.2 Å². The maximum absolute atomic E-state index is 11.3. The molecule has 1 N–H and O–H groups in total. The van der Waals surface area contributed by atoms with E-state index in [4.69, 9.17) is 11.6 Å². The largest absolute Gasteiger partial charge is 0.478 e. The standard InChI is InChI=1S/C14H18ClNO2/c1-9-4-3-5-10(2)16(9)13-7-6-11(15)8-12(13)14(17)18/h6-10H,3-5H2,1-2H3,(H,17,18). The number of nitrogens with zero attached hydrogens (tertiary/aromatic N) is 1. The second-order valence-electron chi connectivity index (χ2n) is 5.00. The van der Waals surface area contributed by atoms with E-state index in [9.17, 15) is 9.90 Å². The van der Waals surface area contributed by atoms with E-state index in [1.807, 2.05) is 6.07 Å². The molecular weight excluding hydrogens is 250 g/mol. The Hall–Kier alpha value is -1.22. The van der Waals surface area contributed by atoms with Gasteiger partial charge in [-0.3, -0.25) is 0 Å². The van der Waals surface area contributed by atoms with Crippen LogP contribution in [0.3, 0.4) is 0 Å². The highest BCUT2D eigenvalue weighted by Gasteiger charge is 2.28. The van der Waals surface area contributed by atoms with Gasteiger partial charge >= 0.3 is 5.97 Å². The van der Waals surface area contributed by atoms with E-state index in [0.29, 0.717) is 22.7 Å². The highest BCUT2D eigenvalue weighted by Crippen LogP contribution is 2.33. The molecule has 1 aliphatic rings. The summed E-state index contributed by atoms with van der Waals surface area (Å²) in [5.74, 6) is -0.919. The zero-order valence-electron chi connectivity index (χ0n) is 10.7. The predicted octanol–water partition coefficient (Wildman–Crippen LogP) is 3.81. The SMILES string of the molecule is CC1CCCC(C)N1c1ccc(Cl)cc1C(=O)O. The van der Waals surface area contributed by atoms with Gasteiger partial charge in [0.15, 0.2) is 0 Å². The molecule has 2 rings (SSSR count).